The van der Waals surface area contributed by atoms with Gasteiger partial charge in [0.1, 0.15) is 0 Å². The Labute approximate surface area is 78.2 Å². The third kappa shape index (κ3) is 1.85. The van der Waals surface area contributed by atoms with Gasteiger partial charge in [0.05, 0.1) is 6.07 Å². The van der Waals surface area contributed by atoms with Crippen molar-refractivity contribution in [3.8, 4) is 6.07 Å². The molecule has 1 aromatic carbocycles. The molecule has 0 aliphatic heterocycles. The fraction of sp³-hybridized carbons (Fsp3) is 0.111. The van der Waals surface area contributed by atoms with Gasteiger partial charge in [-0.1, -0.05) is 6.07 Å². The number of benzene rings is 1. The molecule has 72 valence electrons. The maximum absolute atomic E-state index is 12.7. The Balaban J connectivity index is 3.14. The molecule has 0 heterocycles. The van der Waals surface area contributed by atoms with Crippen LogP contribution in [0.2, 0.25) is 0 Å². The van der Waals surface area contributed by atoms with Crippen LogP contribution in [0.5, 0.6) is 0 Å². The smallest absolute Gasteiger partial charge is 0.325 e. The van der Waals surface area contributed by atoms with Crippen LogP contribution in [0.25, 0.3) is 0 Å². The number of carboxylic acids is 1. The quantitative estimate of drug-likeness (QED) is 0.784. The van der Waals surface area contributed by atoms with Gasteiger partial charge in [-0.15, -0.1) is 0 Å². The minimum Gasteiger partial charge on any atom is -0.480 e. The second kappa shape index (κ2) is 3.83. The molecule has 0 saturated heterocycles. The van der Waals surface area contributed by atoms with E-state index in [-0.39, 0.29) is 5.56 Å². The number of nitrogens with zero attached hydrogens (tertiary/aromatic N) is 1. The van der Waals surface area contributed by atoms with E-state index in [1.165, 1.54) is 6.07 Å². The molecular weight excluding hydrogens is 192 g/mol. The molecule has 0 bridgehead atoms. The lowest BCUT2D eigenvalue weighted by atomic mass is 10.0. The lowest BCUT2D eigenvalue weighted by molar-refractivity contribution is -0.137. The maximum Gasteiger partial charge on any atom is 0.325 e. The van der Waals surface area contributed by atoms with Gasteiger partial charge >= 0.3 is 5.97 Å². The Kier molecular flexibility index (Phi) is 2.77. The Morgan fingerprint density at radius 2 is 2.07 bits per heavy atom. The second-order valence-electron chi connectivity index (χ2n) is 2.57. The topological polar surface area (TPSA) is 61.1 Å². The first-order chi connectivity index (χ1) is 6.56. The Morgan fingerprint density at radius 1 is 1.43 bits per heavy atom. The zero-order chi connectivity index (χ0) is 10.7. The van der Waals surface area contributed by atoms with Crippen LogP contribution in [-0.2, 0) is 4.79 Å². The summed E-state index contributed by atoms with van der Waals surface area (Å²) >= 11 is 0. The highest BCUT2D eigenvalue weighted by Gasteiger charge is 2.20. The summed E-state index contributed by atoms with van der Waals surface area (Å²) in [5.41, 5.74) is -0.0705. The molecule has 5 heteroatoms. The molecule has 0 aliphatic carbocycles. The molecule has 14 heavy (non-hydrogen) atoms. The third-order valence-electron chi connectivity index (χ3n) is 1.65. The summed E-state index contributed by atoms with van der Waals surface area (Å²) in [4.78, 5) is 10.5. The number of rotatable bonds is 2. The average Bonchev–Trinajstić information content (AvgIpc) is 2.11. The van der Waals surface area contributed by atoms with Crippen molar-refractivity contribution in [2.45, 2.75) is 5.92 Å². The predicted molar refractivity (Wildman–Crippen MR) is 42.3 cm³/mol. The van der Waals surface area contributed by atoms with Crippen molar-refractivity contribution >= 4 is 5.97 Å². The predicted octanol–water partition coefficient (Wildman–Crippen LogP) is 1.66. The van der Waals surface area contributed by atoms with Crippen molar-refractivity contribution in [2.24, 2.45) is 0 Å². The molecule has 0 saturated carbocycles. The molecule has 3 nitrogen and oxygen atoms in total. The Hall–Kier alpha value is -1.96. The van der Waals surface area contributed by atoms with Crippen LogP contribution in [0.4, 0.5) is 8.78 Å². The summed E-state index contributed by atoms with van der Waals surface area (Å²) in [6, 6.07) is 4.04. The highest BCUT2D eigenvalue weighted by molar-refractivity contribution is 5.79. The molecule has 0 aromatic heterocycles. The SMILES string of the molecule is N#CC(C(=O)O)c1ccc(F)c(F)c1. The second-order valence-corrected chi connectivity index (χ2v) is 2.57. The summed E-state index contributed by atoms with van der Waals surface area (Å²) in [5.74, 6) is -5.09. The van der Waals surface area contributed by atoms with Crippen LogP contribution >= 0.6 is 0 Å². The first-order valence-electron chi connectivity index (χ1n) is 3.63. The van der Waals surface area contributed by atoms with E-state index in [0.717, 1.165) is 12.1 Å². The monoisotopic (exact) mass is 197 g/mol. The van der Waals surface area contributed by atoms with Crippen molar-refractivity contribution in [2.75, 3.05) is 0 Å². The average molecular weight is 197 g/mol. The summed E-state index contributed by atoms with van der Waals surface area (Å²) in [7, 11) is 0. The summed E-state index contributed by atoms with van der Waals surface area (Å²) in [6.45, 7) is 0. The summed E-state index contributed by atoms with van der Waals surface area (Å²) < 4.78 is 25.1. The molecule has 1 rings (SSSR count). The van der Waals surface area contributed by atoms with E-state index in [2.05, 4.69) is 0 Å². The fourth-order valence-electron chi connectivity index (χ4n) is 0.964. The molecule has 0 aliphatic rings. The molecule has 0 spiro atoms. The normalized spacial score (nSPS) is 11.8. The van der Waals surface area contributed by atoms with Gasteiger partial charge in [-0.25, -0.2) is 8.78 Å². The van der Waals surface area contributed by atoms with E-state index in [9.17, 15) is 13.6 Å². The van der Waals surface area contributed by atoms with Crippen LogP contribution in [-0.4, -0.2) is 11.1 Å². The maximum atomic E-state index is 12.7. The number of carbonyl (C=O) groups is 1. The van der Waals surface area contributed by atoms with Gasteiger partial charge in [0.2, 0.25) is 0 Å². The van der Waals surface area contributed by atoms with E-state index in [4.69, 9.17) is 10.4 Å². The fourth-order valence-corrected chi connectivity index (χ4v) is 0.964. The molecule has 1 atom stereocenters. The van der Waals surface area contributed by atoms with Crippen LogP contribution < -0.4 is 0 Å². The van der Waals surface area contributed by atoms with Crippen molar-refractivity contribution < 1.29 is 18.7 Å². The molecule has 0 amide bonds. The molecule has 1 N–H and O–H groups in total. The standard InChI is InChI=1S/C9H5F2NO2/c10-7-2-1-5(3-8(7)11)6(4-12)9(13)14/h1-3,6H,(H,13,14). The first kappa shape index (κ1) is 10.1. The lowest BCUT2D eigenvalue weighted by Gasteiger charge is -2.03. The first-order valence-corrected chi connectivity index (χ1v) is 3.63. The zero-order valence-corrected chi connectivity index (χ0v) is 6.87. The van der Waals surface area contributed by atoms with Crippen LogP contribution in [0, 0.1) is 23.0 Å². The van der Waals surface area contributed by atoms with Gasteiger partial charge in [-0.05, 0) is 17.7 Å². The van der Waals surface area contributed by atoms with E-state index < -0.39 is 23.5 Å². The van der Waals surface area contributed by atoms with Crippen LogP contribution in [0.3, 0.4) is 0 Å². The summed E-state index contributed by atoms with van der Waals surface area (Å²) in [5, 5.41) is 17.0. The van der Waals surface area contributed by atoms with E-state index >= 15 is 0 Å². The number of hydrogen-bond acceptors (Lipinski definition) is 2. The van der Waals surface area contributed by atoms with Gasteiger partial charge in [-0.2, -0.15) is 5.26 Å². The number of hydrogen-bond donors (Lipinski definition) is 1. The van der Waals surface area contributed by atoms with Gasteiger partial charge in [0.15, 0.2) is 17.6 Å². The summed E-state index contributed by atoms with van der Waals surface area (Å²) in [6.07, 6.45) is 0. The molecule has 0 fully saturated rings. The van der Waals surface area contributed by atoms with E-state index in [0.29, 0.717) is 6.07 Å². The van der Waals surface area contributed by atoms with Gasteiger partial charge in [0, 0.05) is 0 Å². The third-order valence-corrected chi connectivity index (χ3v) is 1.65. The van der Waals surface area contributed by atoms with Crippen molar-refractivity contribution in [1.82, 2.24) is 0 Å². The minimum atomic E-state index is -1.47. The Morgan fingerprint density at radius 3 is 2.50 bits per heavy atom. The van der Waals surface area contributed by atoms with E-state index in [1.807, 2.05) is 0 Å². The lowest BCUT2D eigenvalue weighted by Crippen LogP contribution is -2.09. The van der Waals surface area contributed by atoms with E-state index in [1.54, 1.807) is 0 Å². The van der Waals surface area contributed by atoms with Crippen LogP contribution in [0.15, 0.2) is 18.2 Å². The molecule has 0 radical (unpaired) electrons. The van der Waals surface area contributed by atoms with Crippen molar-refractivity contribution in [3.05, 3.63) is 35.4 Å². The highest BCUT2D eigenvalue weighted by atomic mass is 19.2. The molecule has 1 unspecified atom stereocenters. The number of carboxylic acid groups (broad SMARTS) is 1. The highest BCUT2D eigenvalue weighted by Crippen LogP contribution is 2.17. The Bertz CT molecular complexity index is 412. The van der Waals surface area contributed by atoms with Gasteiger partial charge in [0.25, 0.3) is 0 Å². The van der Waals surface area contributed by atoms with Gasteiger partial charge in [-0.3, -0.25) is 4.79 Å². The minimum absolute atomic E-state index is 0.0705. The molecule has 1 aromatic rings. The van der Waals surface area contributed by atoms with Gasteiger partial charge < -0.3 is 5.11 Å². The van der Waals surface area contributed by atoms with Crippen LogP contribution in [0.1, 0.15) is 11.5 Å². The number of nitriles is 1. The zero-order valence-electron chi connectivity index (χ0n) is 6.87. The van der Waals surface area contributed by atoms with Crippen molar-refractivity contribution in [1.29, 1.82) is 5.26 Å². The molecular formula is C9H5F2NO2. The number of halogens is 2. The number of aliphatic carboxylic acids is 1. The van der Waals surface area contributed by atoms with Crippen molar-refractivity contribution in [3.63, 3.8) is 0 Å². The largest absolute Gasteiger partial charge is 0.480 e.